The molecule has 0 bridgehead atoms. The van der Waals surface area contributed by atoms with E-state index in [2.05, 4.69) is 4.72 Å². The third kappa shape index (κ3) is 8.09. The Hall–Kier alpha value is -0.690. The summed E-state index contributed by atoms with van der Waals surface area (Å²) in [5.41, 5.74) is 0. The van der Waals surface area contributed by atoms with Crippen LogP contribution in [0, 0.1) is 11.8 Å². The number of hydrogen-bond acceptors (Lipinski definition) is 3. The van der Waals surface area contributed by atoms with E-state index in [0.29, 0.717) is 6.42 Å². The first-order chi connectivity index (χ1) is 7.78. The Morgan fingerprint density at radius 3 is 2.41 bits per heavy atom. The predicted molar refractivity (Wildman–Crippen MR) is 63.0 cm³/mol. The monoisotopic (exact) mass is 269 g/mol. The van der Waals surface area contributed by atoms with Crippen molar-refractivity contribution in [3.8, 4) is 0 Å². The highest BCUT2D eigenvalue weighted by Crippen LogP contribution is 2.11. The van der Waals surface area contributed by atoms with E-state index in [9.17, 15) is 17.6 Å². The Labute approximate surface area is 101 Å². The standard InChI is InChI=1S/C10H20FNO4S/c1-8(2)6-9(10(13)14)7-12-17(15,16)5-3-4-11/h8-9,12H,3-7H2,1-2H3,(H,13,14). The molecular formula is C10H20FNO4S. The lowest BCUT2D eigenvalue weighted by molar-refractivity contribution is -0.142. The average Bonchev–Trinajstić information content (AvgIpc) is 2.20. The van der Waals surface area contributed by atoms with Gasteiger partial charge in [-0.3, -0.25) is 9.18 Å². The van der Waals surface area contributed by atoms with E-state index < -0.39 is 28.6 Å². The van der Waals surface area contributed by atoms with Crippen LogP contribution in [0.25, 0.3) is 0 Å². The molecule has 0 aliphatic carbocycles. The quantitative estimate of drug-likeness (QED) is 0.654. The van der Waals surface area contributed by atoms with Gasteiger partial charge >= 0.3 is 5.97 Å². The molecule has 2 N–H and O–H groups in total. The lowest BCUT2D eigenvalue weighted by atomic mass is 9.98. The first-order valence-corrected chi connectivity index (χ1v) is 7.20. The van der Waals surface area contributed by atoms with Crippen LogP contribution in [0.5, 0.6) is 0 Å². The van der Waals surface area contributed by atoms with Crippen molar-refractivity contribution in [2.24, 2.45) is 11.8 Å². The second-order valence-electron chi connectivity index (χ2n) is 4.37. The second kappa shape index (κ2) is 7.60. The van der Waals surface area contributed by atoms with Gasteiger partial charge in [0.2, 0.25) is 10.0 Å². The maximum Gasteiger partial charge on any atom is 0.307 e. The molecule has 5 nitrogen and oxygen atoms in total. The molecule has 0 saturated carbocycles. The molecule has 0 amide bonds. The van der Waals surface area contributed by atoms with Gasteiger partial charge in [0.1, 0.15) is 0 Å². The molecule has 0 aliphatic heterocycles. The lowest BCUT2D eigenvalue weighted by Gasteiger charge is -2.15. The first kappa shape index (κ1) is 16.3. The van der Waals surface area contributed by atoms with Crippen LogP contribution in [0.3, 0.4) is 0 Å². The van der Waals surface area contributed by atoms with Crippen LogP contribution in [0.4, 0.5) is 4.39 Å². The molecule has 17 heavy (non-hydrogen) atoms. The van der Waals surface area contributed by atoms with Crippen LogP contribution in [0.2, 0.25) is 0 Å². The van der Waals surface area contributed by atoms with Crippen molar-refractivity contribution in [1.29, 1.82) is 0 Å². The van der Waals surface area contributed by atoms with Crippen LogP contribution in [-0.2, 0) is 14.8 Å². The molecule has 0 aromatic rings. The van der Waals surface area contributed by atoms with Gasteiger partial charge in [0.05, 0.1) is 18.3 Å². The van der Waals surface area contributed by atoms with Gasteiger partial charge in [0.25, 0.3) is 0 Å². The highest BCUT2D eigenvalue weighted by atomic mass is 32.2. The summed E-state index contributed by atoms with van der Waals surface area (Å²) < 4.78 is 36.7. The maximum absolute atomic E-state index is 11.8. The number of sulfonamides is 1. The van der Waals surface area contributed by atoms with E-state index in [1.165, 1.54) is 0 Å². The Balaban J connectivity index is 4.25. The molecule has 7 heteroatoms. The van der Waals surface area contributed by atoms with Crippen molar-refractivity contribution in [2.75, 3.05) is 19.0 Å². The van der Waals surface area contributed by atoms with E-state index in [-0.39, 0.29) is 24.6 Å². The highest BCUT2D eigenvalue weighted by molar-refractivity contribution is 7.89. The summed E-state index contributed by atoms with van der Waals surface area (Å²) in [7, 11) is -3.56. The number of carboxylic acid groups (broad SMARTS) is 1. The Morgan fingerprint density at radius 1 is 1.41 bits per heavy atom. The van der Waals surface area contributed by atoms with Crippen molar-refractivity contribution in [2.45, 2.75) is 26.7 Å². The lowest BCUT2D eigenvalue weighted by Crippen LogP contribution is -2.35. The molecule has 0 rings (SSSR count). The van der Waals surface area contributed by atoms with Crippen molar-refractivity contribution in [3.05, 3.63) is 0 Å². The number of aliphatic carboxylic acids is 1. The first-order valence-electron chi connectivity index (χ1n) is 5.54. The van der Waals surface area contributed by atoms with Crippen molar-refractivity contribution in [1.82, 2.24) is 4.72 Å². The van der Waals surface area contributed by atoms with Gasteiger partial charge in [0, 0.05) is 6.54 Å². The number of alkyl halides is 1. The third-order valence-electron chi connectivity index (χ3n) is 2.20. The molecule has 1 unspecified atom stereocenters. The summed E-state index contributed by atoms with van der Waals surface area (Å²) in [6.07, 6.45) is 0.332. The maximum atomic E-state index is 11.8. The number of rotatable bonds is 9. The van der Waals surface area contributed by atoms with Gasteiger partial charge in [-0.05, 0) is 18.8 Å². The zero-order valence-electron chi connectivity index (χ0n) is 10.1. The van der Waals surface area contributed by atoms with E-state index in [1.807, 2.05) is 13.8 Å². The van der Waals surface area contributed by atoms with E-state index >= 15 is 0 Å². The molecule has 0 spiro atoms. The van der Waals surface area contributed by atoms with Crippen LogP contribution in [0.15, 0.2) is 0 Å². The fourth-order valence-corrected chi connectivity index (χ4v) is 2.47. The number of nitrogens with one attached hydrogen (secondary N) is 1. The molecule has 0 aromatic carbocycles. The van der Waals surface area contributed by atoms with Crippen LogP contribution in [-0.4, -0.2) is 38.5 Å². The molecule has 1 atom stereocenters. The smallest absolute Gasteiger partial charge is 0.307 e. The third-order valence-corrected chi connectivity index (χ3v) is 3.63. The molecular weight excluding hydrogens is 249 g/mol. The summed E-state index contributed by atoms with van der Waals surface area (Å²) in [6, 6.07) is 0. The molecule has 0 heterocycles. The summed E-state index contributed by atoms with van der Waals surface area (Å²) in [5, 5.41) is 8.90. The van der Waals surface area contributed by atoms with Gasteiger partial charge in [0.15, 0.2) is 0 Å². The Bertz CT molecular complexity index is 329. The van der Waals surface area contributed by atoms with Gasteiger partial charge < -0.3 is 5.11 Å². The fourth-order valence-electron chi connectivity index (χ4n) is 1.38. The SMILES string of the molecule is CC(C)CC(CNS(=O)(=O)CCCF)C(=O)O. The Kier molecular flexibility index (Phi) is 7.29. The molecule has 0 radical (unpaired) electrons. The molecule has 0 aromatic heterocycles. The second-order valence-corrected chi connectivity index (χ2v) is 6.30. The van der Waals surface area contributed by atoms with Crippen LogP contribution in [0.1, 0.15) is 26.7 Å². The summed E-state index contributed by atoms with van der Waals surface area (Å²) in [6.45, 7) is 2.90. The molecule has 0 fully saturated rings. The number of carbonyl (C=O) groups is 1. The van der Waals surface area contributed by atoms with Crippen molar-refractivity contribution < 1.29 is 22.7 Å². The van der Waals surface area contributed by atoms with Crippen molar-refractivity contribution in [3.63, 3.8) is 0 Å². The normalized spacial score (nSPS) is 13.9. The number of halogens is 1. The van der Waals surface area contributed by atoms with Gasteiger partial charge in [-0.25, -0.2) is 13.1 Å². The van der Waals surface area contributed by atoms with Crippen LogP contribution >= 0.6 is 0 Å². The summed E-state index contributed by atoms with van der Waals surface area (Å²) in [4.78, 5) is 10.9. The molecule has 0 aliphatic rings. The minimum atomic E-state index is -3.56. The minimum absolute atomic E-state index is 0.0722. The van der Waals surface area contributed by atoms with Gasteiger partial charge in [-0.1, -0.05) is 13.8 Å². The van der Waals surface area contributed by atoms with E-state index in [0.717, 1.165) is 0 Å². The highest BCUT2D eigenvalue weighted by Gasteiger charge is 2.21. The molecule has 102 valence electrons. The number of hydrogen-bond donors (Lipinski definition) is 2. The topological polar surface area (TPSA) is 83.5 Å². The minimum Gasteiger partial charge on any atom is -0.481 e. The van der Waals surface area contributed by atoms with Gasteiger partial charge in [-0.2, -0.15) is 0 Å². The summed E-state index contributed by atoms with van der Waals surface area (Å²) >= 11 is 0. The van der Waals surface area contributed by atoms with Gasteiger partial charge in [-0.15, -0.1) is 0 Å². The average molecular weight is 269 g/mol. The van der Waals surface area contributed by atoms with E-state index in [1.54, 1.807) is 0 Å². The molecule has 0 saturated heterocycles. The zero-order valence-corrected chi connectivity index (χ0v) is 11.0. The van der Waals surface area contributed by atoms with Crippen LogP contribution < -0.4 is 4.72 Å². The fraction of sp³-hybridized carbons (Fsp3) is 0.900. The van der Waals surface area contributed by atoms with Crippen molar-refractivity contribution >= 4 is 16.0 Å². The summed E-state index contributed by atoms with van der Waals surface area (Å²) in [5.74, 6) is -1.90. The Morgan fingerprint density at radius 2 is 2.00 bits per heavy atom. The van der Waals surface area contributed by atoms with E-state index in [4.69, 9.17) is 5.11 Å². The number of carboxylic acids is 1. The zero-order chi connectivity index (χ0) is 13.5. The predicted octanol–water partition coefficient (Wildman–Crippen LogP) is 1.01. The largest absolute Gasteiger partial charge is 0.481 e.